The molecule has 2 aromatic rings. The topological polar surface area (TPSA) is 76.7 Å². The van der Waals surface area contributed by atoms with Crippen LogP contribution in [0.3, 0.4) is 0 Å². The molecule has 138 valence electrons. The van der Waals surface area contributed by atoms with Crippen molar-refractivity contribution in [2.45, 2.75) is 39.8 Å². The molecule has 2 N–H and O–H groups in total. The molecule has 0 aliphatic heterocycles. The number of rotatable bonds is 5. The third kappa shape index (κ3) is 6.84. The Labute approximate surface area is 153 Å². The first kappa shape index (κ1) is 19.3. The van der Waals surface area contributed by atoms with Crippen LogP contribution in [0.25, 0.3) is 0 Å². The monoisotopic (exact) mass is 356 g/mol. The SMILES string of the molecule is CC(=O)Nc1cccc(Oc2cccc(CNC(=O)OC(C)(C)C)c2)c1. The van der Waals surface area contributed by atoms with E-state index in [4.69, 9.17) is 9.47 Å². The van der Waals surface area contributed by atoms with Crippen molar-refractivity contribution in [2.75, 3.05) is 5.32 Å². The lowest BCUT2D eigenvalue weighted by Gasteiger charge is -2.19. The molecule has 0 aromatic heterocycles. The maximum absolute atomic E-state index is 11.7. The van der Waals surface area contributed by atoms with E-state index in [9.17, 15) is 9.59 Å². The van der Waals surface area contributed by atoms with E-state index >= 15 is 0 Å². The zero-order chi connectivity index (χ0) is 19.2. The number of hydrogen-bond acceptors (Lipinski definition) is 4. The second kappa shape index (κ2) is 8.38. The number of ether oxygens (including phenoxy) is 2. The molecule has 0 unspecified atom stereocenters. The Kier molecular flexibility index (Phi) is 6.22. The third-order valence-electron chi connectivity index (χ3n) is 3.12. The summed E-state index contributed by atoms with van der Waals surface area (Å²) in [5.74, 6) is 1.10. The Hall–Kier alpha value is -3.02. The van der Waals surface area contributed by atoms with Crippen LogP contribution in [0.2, 0.25) is 0 Å². The van der Waals surface area contributed by atoms with Gasteiger partial charge in [-0.1, -0.05) is 18.2 Å². The first-order chi connectivity index (χ1) is 12.2. The molecule has 0 radical (unpaired) electrons. The number of carbonyl (C=O) groups is 2. The minimum atomic E-state index is -0.534. The number of benzene rings is 2. The van der Waals surface area contributed by atoms with Gasteiger partial charge in [-0.3, -0.25) is 4.79 Å². The standard InChI is InChI=1S/C20H24N2O4/c1-14(23)22-16-8-6-10-18(12-16)25-17-9-5-7-15(11-17)13-21-19(24)26-20(2,3)4/h5-12H,13H2,1-4H3,(H,21,24)(H,22,23). The molecule has 0 atom stereocenters. The van der Waals surface area contributed by atoms with Crippen molar-refractivity contribution >= 4 is 17.7 Å². The molecular weight excluding hydrogens is 332 g/mol. The highest BCUT2D eigenvalue weighted by atomic mass is 16.6. The summed E-state index contributed by atoms with van der Waals surface area (Å²) in [6.45, 7) is 7.23. The second-order valence-electron chi connectivity index (χ2n) is 6.81. The van der Waals surface area contributed by atoms with Gasteiger partial charge in [-0.25, -0.2) is 4.79 Å². The van der Waals surface area contributed by atoms with Gasteiger partial charge in [0.2, 0.25) is 5.91 Å². The lowest BCUT2D eigenvalue weighted by atomic mass is 10.2. The summed E-state index contributed by atoms with van der Waals surface area (Å²) in [6, 6.07) is 14.5. The summed E-state index contributed by atoms with van der Waals surface area (Å²) in [5, 5.41) is 5.43. The Bertz CT molecular complexity index is 781. The van der Waals surface area contributed by atoms with Crippen LogP contribution in [0.15, 0.2) is 48.5 Å². The van der Waals surface area contributed by atoms with Gasteiger partial charge in [0, 0.05) is 25.2 Å². The van der Waals surface area contributed by atoms with Crippen molar-refractivity contribution in [3.05, 3.63) is 54.1 Å². The van der Waals surface area contributed by atoms with Crippen LogP contribution in [0.5, 0.6) is 11.5 Å². The van der Waals surface area contributed by atoms with Gasteiger partial charge in [0.05, 0.1) is 0 Å². The summed E-state index contributed by atoms with van der Waals surface area (Å²) in [7, 11) is 0. The predicted molar refractivity (Wildman–Crippen MR) is 100 cm³/mol. The largest absolute Gasteiger partial charge is 0.457 e. The summed E-state index contributed by atoms with van der Waals surface area (Å²) < 4.78 is 11.0. The van der Waals surface area contributed by atoms with E-state index in [0.717, 1.165) is 5.56 Å². The van der Waals surface area contributed by atoms with Crippen LogP contribution >= 0.6 is 0 Å². The summed E-state index contributed by atoms with van der Waals surface area (Å²) in [5.41, 5.74) is 1.01. The van der Waals surface area contributed by atoms with E-state index in [1.54, 1.807) is 24.3 Å². The zero-order valence-electron chi connectivity index (χ0n) is 15.5. The fourth-order valence-corrected chi connectivity index (χ4v) is 2.18. The van der Waals surface area contributed by atoms with Crippen molar-refractivity contribution in [1.82, 2.24) is 5.32 Å². The summed E-state index contributed by atoms with van der Waals surface area (Å²) in [6.07, 6.45) is -0.466. The quantitative estimate of drug-likeness (QED) is 0.829. The Morgan fingerprint density at radius 3 is 2.31 bits per heavy atom. The van der Waals surface area contributed by atoms with E-state index in [0.29, 0.717) is 23.7 Å². The lowest BCUT2D eigenvalue weighted by molar-refractivity contribution is -0.114. The third-order valence-corrected chi connectivity index (χ3v) is 3.12. The lowest BCUT2D eigenvalue weighted by Crippen LogP contribution is -2.32. The minimum absolute atomic E-state index is 0.141. The molecule has 0 saturated carbocycles. The molecule has 0 fully saturated rings. The molecule has 2 rings (SSSR count). The van der Waals surface area contributed by atoms with Gasteiger partial charge in [-0.05, 0) is 50.6 Å². The zero-order valence-corrected chi connectivity index (χ0v) is 15.5. The van der Waals surface area contributed by atoms with Crippen molar-refractivity contribution in [1.29, 1.82) is 0 Å². The van der Waals surface area contributed by atoms with Gasteiger partial charge in [0.25, 0.3) is 0 Å². The van der Waals surface area contributed by atoms with Gasteiger partial charge in [0.1, 0.15) is 17.1 Å². The molecule has 0 aliphatic carbocycles. The molecule has 0 aliphatic rings. The average molecular weight is 356 g/mol. The normalized spacial score (nSPS) is 10.8. The van der Waals surface area contributed by atoms with Crippen LogP contribution in [-0.4, -0.2) is 17.6 Å². The Balaban J connectivity index is 1.99. The minimum Gasteiger partial charge on any atom is -0.457 e. The highest BCUT2D eigenvalue weighted by Crippen LogP contribution is 2.25. The highest BCUT2D eigenvalue weighted by Gasteiger charge is 2.15. The smallest absolute Gasteiger partial charge is 0.407 e. The fraction of sp³-hybridized carbons (Fsp3) is 0.300. The van der Waals surface area contributed by atoms with E-state index in [2.05, 4.69) is 10.6 Å². The van der Waals surface area contributed by atoms with Crippen LogP contribution in [0.1, 0.15) is 33.3 Å². The molecule has 2 amide bonds. The van der Waals surface area contributed by atoms with Crippen LogP contribution < -0.4 is 15.4 Å². The van der Waals surface area contributed by atoms with Crippen LogP contribution in [0.4, 0.5) is 10.5 Å². The van der Waals surface area contributed by atoms with Crippen LogP contribution in [-0.2, 0) is 16.1 Å². The van der Waals surface area contributed by atoms with Crippen molar-refractivity contribution in [3.8, 4) is 11.5 Å². The molecule has 0 heterocycles. The number of carbonyl (C=O) groups excluding carboxylic acids is 2. The molecule has 0 bridgehead atoms. The highest BCUT2D eigenvalue weighted by molar-refractivity contribution is 5.88. The van der Waals surface area contributed by atoms with E-state index in [1.807, 2.05) is 45.0 Å². The van der Waals surface area contributed by atoms with Gasteiger partial charge in [0.15, 0.2) is 0 Å². The molecular formula is C20H24N2O4. The summed E-state index contributed by atoms with van der Waals surface area (Å²) >= 11 is 0. The average Bonchev–Trinajstić information content (AvgIpc) is 2.51. The van der Waals surface area contributed by atoms with Crippen molar-refractivity contribution in [2.24, 2.45) is 0 Å². The van der Waals surface area contributed by atoms with Gasteiger partial charge in [-0.15, -0.1) is 0 Å². The first-order valence-electron chi connectivity index (χ1n) is 8.32. The van der Waals surface area contributed by atoms with Gasteiger partial charge in [-0.2, -0.15) is 0 Å². The first-order valence-corrected chi connectivity index (χ1v) is 8.32. The molecule has 0 spiro atoms. The predicted octanol–water partition coefficient (Wildman–Crippen LogP) is 4.46. The second-order valence-corrected chi connectivity index (χ2v) is 6.81. The van der Waals surface area contributed by atoms with Crippen molar-refractivity contribution < 1.29 is 19.1 Å². The molecule has 2 aromatic carbocycles. The van der Waals surface area contributed by atoms with Crippen molar-refractivity contribution in [3.63, 3.8) is 0 Å². The fourth-order valence-electron chi connectivity index (χ4n) is 2.18. The van der Waals surface area contributed by atoms with Crippen LogP contribution in [0, 0.1) is 0 Å². The van der Waals surface area contributed by atoms with E-state index in [1.165, 1.54) is 6.92 Å². The summed E-state index contributed by atoms with van der Waals surface area (Å²) in [4.78, 5) is 22.9. The Morgan fingerprint density at radius 1 is 1.00 bits per heavy atom. The molecule has 6 nitrogen and oxygen atoms in total. The maximum Gasteiger partial charge on any atom is 0.407 e. The number of alkyl carbamates (subject to hydrolysis) is 1. The molecule has 0 saturated heterocycles. The van der Waals surface area contributed by atoms with E-state index < -0.39 is 11.7 Å². The van der Waals surface area contributed by atoms with E-state index in [-0.39, 0.29) is 5.91 Å². The number of hydrogen-bond donors (Lipinski definition) is 2. The number of anilines is 1. The number of nitrogens with one attached hydrogen (secondary N) is 2. The van der Waals surface area contributed by atoms with Gasteiger partial charge >= 0.3 is 6.09 Å². The maximum atomic E-state index is 11.7. The van der Waals surface area contributed by atoms with Gasteiger partial charge < -0.3 is 20.1 Å². The molecule has 26 heavy (non-hydrogen) atoms. The Morgan fingerprint density at radius 2 is 1.65 bits per heavy atom. The molecule has 6 heteroatoms. The number of amides is 2.